The molecule has 7 N–H and O–H groups in total. The summed E-state index contributed by atoms with van der Waals surface area (Å²) in [5.41, 5.74) is 0. The molecular weight excluding hydrogens is 382 g/mol. The number of ether oxygens (including phenoxy) is 4. The second-order valence-corrected chi connectivity index (χ2v) is 6.94. The van der Waals surface area contributed by atoms with Crippen molar-refractivity contribution >= 4 is 5.91 Å². The number of methoxy groups -OCH3 is 1. The smallest absolute Gasteiger partial charge is 0.217 e. The first kappa shape index (κ1) is 23.3. The van der Waals surface area contributed by atoms with E-state index in [4.69, 9.17) is 18.9 Å². The summed E-state index contributed by atoms with van der Waals surface area (Å²) in [6.07, 6.45) is -13.9. The van der Waals surface area contributed by atoms with E-state index in [1.807, 2.05) is 0 Å². The molecule has 0 aliphatic carbocycles. The summed E-state index contributed by atoms with van der Waals surface area (Å²) in [5.74, 6) is -0.433. The first-order valence-electron chi connectivity index (χ1n) is 8.89. The highest BCUT2D eigenvalue weighted by molar-refractivity contribution is 5.73. The third kappa shape index (κ3) is 4.79. The number of hydrogen-bond donors (Lipinski definition) is 7. The zero-order chi connectivity index (χ0) is 21.2. The molecule has 2 aliphatic heterocycles. The first-order chi connectivity index (χ1) is 13.1. The normalized spacial score (nSPS) is 44.5. The predicted molar refractivity (Wildman–Crippen MR) is 89.6 cm³/mol. The lowest BCUT2D eigenvalue weighted by molar-refractivity contribution is -0.352. The van der Waals surface area contributed by atoms with Crippen LogP contribution in [0, 0.1) is 0 Å². The molecule has 5 unspecified atom stereocenters. The van der Waals surface area contributed by atoms with Crippen molar-refractivity contribution in [2.24, 2.45) is 0 Å². The van der Waals surface area contributed by atoms with Crippen LogP contribution in [0.15, 0.2) is 0 Å². The highest BCUT2D eigenvalue weighted by Crippen LogP contribution is 2.30. The number of nitrogens with one attached hydrogen (secondary N) is 1. The molecular formula is C16H29NO11. The molecule has 1 amide bonds. The maximum Gasteiger partial charge on any atom is 0.217 e. The minimum Gasteiger partial charge on any atom is -0.394 e. The average Bonchev–Trinajstić information content (AvgIpc) is 2.63. The number of amides is 1. The summed E-state index contributed by atoms with van der Waals surface area (Å²) in [7, 11) is 1.20. The maximum atomic E-state index is 11.5. The van der Waals surface area contributed by atoms with Crippen molar-refractivity contribution in [2.45, 2.75) is 81.3 Å². The Morgan fingerprint density at radius 1 is 1.11 bits per heavy atom. The average molecular weight is 411 g/mol. The SMILES string of the molecule is CO[C@@H]1C(C(O)O)O[C@@H](O[C@@H]2C(NC(C)=O)C(C)OC(CO)[C@H]2O)C(O)[C@H]1O. The van der Waals surface area contributed by atoms with Crippen LogP contribution in [0.4, 0.5) is 0 Å². The minimum absolute atomic E-state index is 0.433. The second kappa shape index (κ2) is 9.71. The fourth-order valence-electron chi connectivity index (χ4n) is 3.53. The zero-order valence-corrected chi connectivity index (χ0v) is 15.8. The molecule has 0 bridgehead atoms. The van der Waals surface area contributed by atoms with E-state index >= 15 is 0 Å². The minimum atomic E-state index is -2.05. The van der Waals surface area contributed by atoms with Gasteiger partial charge < -0.3 is 54.9 Å². The fraction of sp³-hybridized carbons (Fsp3) is 0.938. The van der Waals surface area contributed by atoms with Crippen LogP contribution in [0.1, 0.15) is 13.8 Å². The molecule has 10 atom stereocenters. The molecule has 0 spiro atoms. The summed E-state index contributed by atoms with van der Waals surface area (Å²) in [6, 6.07) is -0.874. The van der Waals surface area contributed by atoms with Gasteiger partial charge in [-0.05, 0) is 6.92 Å². The monoisotopic (exact) mass is 411 g/mol. The van der Waals surface area contributed by atoms with E-state index in [0.29, 0.717) is 0 Å². The Morgan fingerprint density at radius 2 is 1.75 bits per heavy atom. The number of aliphatic hydroxyl groups excluding tert-OH is 5. The van der Waals surface area contributed by atoms with Crippen LogP contribution >= 0.6 is 0 Å². The van der Waals surface area contributed by atoms with E-state index in [1.54, 1.807) is 6.92 Å². The van der Waals surface area contributed by atoms with E-state index in [-0.39, 0.29) is 0 Å². The number of carbonyl (C=O) groups is 1. The molecule has 0 aromatic rings. The molecule has 0 radical (unpaired) electrons. The zero-order valence-electron chi connectivity index (χ0n) is 15.8. The molecule has 2 heterocycles. The molecule has 2 fully saturated rings. The van der Waals surface area contributed by atoms with Crippen molar-refractivity contribution in [3.8, 4) is 0 Å². The van der Waals surface area contributed by atoms with Gasteiger partial charge in [0.15, 0.2) is 12.6 Å². The Balaban J connectivity index is 2.25. The molecule has 0 aromatic heterocycles. The lowest BCUT2D eigenvalue weighted by Gasteiger charge is -2.47. The Kier molecular flexibility index (Phi) is 8.10. The van der Waals surface area contributed by atoms with Crippen molar-refractivity contribution in [3.63, 3.8) is 0 Å². The topological polar surface area (TPSA) is 187 Å². The van der Waals surface area contributed by atoms with Gasteiger partial charge in [-0.1, -0.05) is 0 Å². The van der Waals surface area contributed by atoms with Gasteiger partial charge >= 0.3 is 0 Å². The Labute approximate surface area is 161 Å². The van der Waals surface area contributed by atoms with Gasteiger partial charge in [0.2, 0.25) is 5.91 Å². The van der Waals surface area contributed by atoms with Gasteiger partial charge in [-0.15, -0.1) is 0 Å². The Morgan fingerprint density at radius 3 is 2.25 bits per heavy atom. The Bertz CT molecular complexity index is 521. The van der Waals surface area contributed by atoms with Crippen molar-refractivity contribution in [1.29, 1.82) is 0 Å². The van der Waals surface area contributed by atoms with Crippen LogP contribution in [-0.2, 0) is 23.7 Å². The molecule has 2 rings (SSSR count). The number of carbonyl (C=O) groups excluding carboxylic acids is 1. The van der Waals surface area contributed by atoms with Gasteiger partial charge in [-0.2, -0.15) is 0 Å². The lowest BCUT2D eigenvalue weighted by Crippen LogP contribution is -2.67. The van der Waals surface area contributed by atoms with E-state index in [0.717, 1.165) is 0 Å². The van der Waals surface area contributed by atoms with E-state index in [9.17, 15) is 35.4 Å². The molecule has 0 aromatic carbocycles. The van der Waals surface area contributed by atoms with Crippen LogP contribution in [0.25, 0.3) is 0 Å². The van der Waals surface area contributed by atoms with Gasteiger partial charge in [-0.3, -0.25) is 4.79 Å². The summed E-state index contributed by atoms with van der Waals surface area (Å²) < 4.78 is 21.4. The van der Waals surface area contributed by atoms with Gasteiger partial charge in [0.25, 0.3) is 0 Å². The van der Waals surface area contributed by atoms with Gasteiger partial charge in [0.05, 0.1) is 18.8 Å². The lowest BCUT2D eigenvalue weighted by atomic mass is 9.92. The van der Waals surface area contributed by atoms with Crippen LogP contribution in [0.2, 0.25) is 0 Å². The molecule has 12 nitrogen and oxygen atoms in total. The fourth-order valence-corrected chi connectivity index (χ4v) is 3.53. The molecule has 2 aliphatic rings. The maximum absolute atomic E-state index is 11.5. The number of hydrogen-bond acceptors (Lipinski definition) is 11. The molecule has 2 saturated heterocycles. The van der Waals surface area contributed by atoms with E-state index in [1.165, 1.54) is 14.0 Å². The standard InChI is InChI=1S/C16H29NO11/c1-5-8(17-6(2)19)12(9(20)7(4-18)26-5)27-16-11(22)10(21)13(25-3)14(28-16)15(23)24/h5,7-16,18,20-24H,4H2,1-3H3,(H,17,19)/t5?,7?,8?,9-,10-,11?,12-,13+,14?,16-/m1/s1. The van der Waals surface area contributed by atoms with Crippen LogP contribution in [0.5, 0.6) is 0 Å². The largest absolute Gasteiger partial charge is 0.394 e. The third-order valence-electron chi connectivity index (χ3n) is 4.95. The first-order valence-corrected chi connectivity index (χ1v) is 8.89. The number of rotatable bonds is 6. The predicted octanol–water partition coefficient (Wildman–Crippen LogP) is -4.21. The summed E-state index contributed by atoms with van der Waals surface area (Å²) in [6.45, 7) is 2.32. The van der Waals surface area contributed by atoms with Gasteiger partial charge in [-0.25, -0.2) is 0 Å². The second-order valence-electron chi connectivity index (χ2n) is 6.94. The van der Waals surface area contributed by atoms with Gasteiger partial charge in [0, 0.05) is 14.0 Å². The highest BCUT2D eigenvalue weighted by atomic mass is 16.7. The quantitative estimate of drug-likeness (QED) is 0.210. The van der Waals surface area contributed by atoms with Crippen molar-refractivity contribution in [1.82, 2.24) is 5.32 Å². The van der Waals surface area contributed by atoms with Crippen molar-refractivity contribution in [3.05, 3.63) is 0 Å². The highest BCUT2D eigenvalue weighted by Gasteiger charge is 2.52. The van der Waals surface area contributed by atoms with Crippen LogP contribution in [-0.4, -0.2) is 118 Å². The van der Waals surface area contributed by atoms with Gasteiger partial charge in [0.1, 0.15) is 42.7 Å². The van der Waals surface area contributed by atoms with E-state index < -0.39 is 80.0 Å². The summed E-state index contributed by atoms with van der Waals surface area (Å²) >= 11 is 0. The molecule has 0 saturated carbocycles. The molecule has 28 heavy (non-hydrogen) atoms. The van der Waals surface area contributed by atoms with Crippen molar-refractivity contribution in [2.75, 3.05) is 13.7 Å². The number of aliphatic hydroxyl groups is 6. The molecule has 12 heteroatoms. The Hall–Kier alpha value is -0.930. The summed E-state index contributed by atoms with van der Waals surface area (Å²) in [5, 5.41) is 62.0. The van der Waals surface area contributed by atoms with Crippen molar-refractivity contribution < 1.29 is 54.4 Å². The van der Waals surface area contributed by atoms with Crippen LogP contribution < -0.4 is 5.32 Å². The third-order valence-corrected chi connectivity index (χ3v) is 4.95. The van der Waals surface area contributed by atoms with E-state index in [2.05, 4.69) is 5.32 Å². The summed E-state index contributed by atoms with van der Waals surface area (Å²) in [4.78, 5) is 11.5. The molecule has 164 valence electrons. The van der Waals surface area contributed by atoms with Crippen LogP contribution in [0.3, 0.4) is 0 Å².